The second-order valence-electron chi connectivity index (χ2n) is 7.75. The molecule has 30 heavy (non-hydrogen) atoms. The van der Waals surface area contributed by atoms with Gasteiger partial charge < -0.3 is 15.5 Å². The number of nitrogens with two attached hydrogens (primary N) is 1. The molecule has 0 spiro atoms. The van der Waals surface area contributed by atoms with Crippen LogP contribution >= 0.6 is 21.9 Å². The molecule has 3 heterocycles. The molecule has 1 fully saturated rings. The highest BCUT2D eigenvalue weighted by molar-refractivity contribution is 8.24. The van der Waals surface area contributed by atoms with E-state index in [9.17, 15) is 13.9 Å². The Balaban J connectivity index is 1.70. The maximum absolute atomic E-state index is 12.2. The fraction of sp³-hybridized carbons (Fsp3) is 0.409. The third-order valence-electron chi connectivity index (χ3n) is 5.76. The van der Waals surface area contributed by atoms with Crippen molar-refractivity contribution in [2.75, 3.05) is 24.7 Å². The number of nitrogens with one attached hydrogen (secondary N) is 1. The number of amides is 1. The van der Waals surface area contributed by atoms with Crippen LogP contribution in [0.2, 0.25) is 0 Å². The van der Waals surface area contributed by atoms with Crippen LogP contribution in [-0.2, 0) is 11.2 Å². The molecule has 2 aromatic heterocycles. The summed E-state index contributed by atoms with van der Waals surface area (Å²) in [5.41, 5.74) is 9.04. The maximum Gasteiger partial charge on any atom is 0.250 e. The first-order chi connectivity index (χ1) is 14.4. The largest absolute Gasteiger partial charge is 0.381 e. The second kappa shape index (κ2) is 8.72. The van der Waals surface area contributed by atoms with E-state index < -0.39 is 16.5 Å². The molecule has 1 aliphatic heterocycles. The van der Waals surface area contributed by atoms with Gasteiger partial charge in [0.25, 0.3) is 5.91 Å². The zero-order chi connectivity index (χ0) is 21.3. The Bertz CT molecular complexity index is 1050. The molecule has 0 aliphatic carbocycles. The summed E-state index contributed by atoms with van der Waals surface area (Å²) >= 11 is 1.70. The Kier molecular flexibility index (Phi) is 6.22. The molecular weight excluding hydrogens is 420 g/mol. The van der Waals surface area contributed by atoms with Crippen LogP contribution in [0.25, 0.3) is 21.3 Å². The van der Waals surface area contributed by atoms with E-state index in [4.69, 9.17) is 10.5 Å². The average molecular weight is 449 g/mol. The molecule has 1 amide bonds. The number of carbonyl (C=O) groups is 1. The molecular formula is C22H28N2O4S2. The van der Waals surface area contributed by atoms with Gasteiger partial charge in [-0.05, 0) is 61.1 Å². The number of rotatable bonds is 7. The number of hydrogen-bond donors (Lipinski definition) is 4. The standard InChI is InChI=1S/C22H28N2O4S2/c1-2-28-8-5-16-3-4-20(29-16)15-11-17-19(14-6-9-30(26,27)10-7-14)13-24-21(17)18(12-15)22(23)25/h3-4,11-14,24,26-27H,2,5-10H2,1H3,(H2,23,25). The van der Waals surface area contributed by atoms with E-state index in [2.05, 4.69) is 23.2 Å². The number of fused-ring (bicyclic) bond motifs is 1. The molecule has 1 aliphatic rings. The van der Waals surface area contributed by atoms with E-state index in [0.29, 0.717) is 30.3 Å². The normalized spacial score (nSPS) is 18.0. The Morgan fingerprint density at radius 1 is 1.30 bits per heavy atom. The van der Waals surface area contributed by atoms with Crippen LogP contribution in [0.1, 0.15) is 46.5 Å². The van der Waals surface area contributed by atoms with Crippen molar-refractivity contribution in [3.8, 4) is 10.4 Å². The summed E-state index contributed by atoms with van der Waals surface area (Å²) in [6.45, 7) is 3.40. The quantitative estimate of drug-likeness (QED) is 0.372. The third kappa shape index (κ3) is 4.43. The van der Waals surface area contributed by atoms with Crippen LogP contribution in [0.15, 0.2) is 30.5 Å². The summed E-state index contributed by atoms with van der Waals surface area (Å²) in [5, 5.41) is 0.994. The molecule has 5 N–H and O–H groups in total. The molecule has 162 valence electrons. The van der Waals surface area contributed by atoms with Crippen LogP contribution in [0.3, 0.4) is 0 Å². The van der Waals surface area contributed by atoms with Gasteiger partial charge in [-0.3, -0.25) is 13.9 Å². The molecule has 0 radical (unpaired) electrons. The smallest absolute Gasteiger partial charge is 0.250 e. The summed E-state index contributed by atoms with van der Waals surface area (Å²) in [7, 11) is -2.43. The number of hydrogen-bond acceptors (Lipinski definition) is 5. The third-order valence-corrected chi connectivity index (χ3v) is 8.73. The molecule has 0 saturated carbocycles. The van der Waals surface area contributed by atoms with Gasteiger partial charge in [0.1, 0.15) is 0 Å². The van der Waals surface area contributed by atoms with Gasteiger partial charge in [0.05, 0.1) is 17.7 Å². The summed E-state index contributed by atoms with van der Waals surface area (Å²) < 4.78 is 25.4. The lowest BCUT2D eigenvalue weighted by atomic mass is 9.91. The van der Waals surface area contributed by atoms with Gasteiger partial charge in [0.2, 0.25) is 0 Å². The van der Waals surface area contributed by atoms with Crippen molar-refractivity contribution in [2.24, 2.45) is 5.73 Å². The SMILES string of the molecule is CCOCCc1ccc(-c2cc(C(N)=O)c3[nH]cc(C4CCS(O)(O)CC4)c3c2)s1. The highest BCUT2D eigenvalue weighted by Gasteiger charge is 2.27. The number of thiophene rings is 1. The van der Waals surface area contributed by atoms with Crippen molar-refractivity contribution in [1.29, 1.82) is 0 Å². The molecule has 3 aromatic rings. The topological polar surface area (TPSA) is 109 Å². The summed E-state index contributed by atoms with van der Waals surface area (Å²) in [4.78, 5) is 17.8. The lowest BCUT2D eigenvalue weighted by molar-refractivity contribution is 0.100. The summed E-state index contributed by atoms with van der Waals surface area (Å²) in [6.07, 6.45) is 4.27. The van der Waals surface area contributed by atoms with Crippen LogP contribution in [0.5, 0.6) is 0 Å². The second-order valence-corrected chi connectivity index (χ2v) is 11.3. The molecule has 0 unspecified atom stereocenters. The lowest BCUT2D eigenvalue weighted by Crippen LogP contribution is -2.19. The summed E-state index contributed by atoms with van der Waals surface area (Å²) in [6, 6.07) is 8.18. The molecule has 0 atom stereocenters. The van der Waals surface area contributed by atoms with Crippen LogP contribution in [0, 0.1) is 0 Å². The van der Waals surface area contributed by atoms with Crippen LogP contribution in [0.4, 0.5) is 0 Å². The van der Waals surface area contributed by atoms with Gasteiger partial charge in [0.15, 0.2) is 0 Å². The zero-order valence-electron chi connectivity index (χ0n) is 17.0. The minimum atomic E-state index is -2.43. The van der Waals surface area contributed by atoms with Crippen molar-refractivity contribution in [1.82, 2.24) is 4.98 Å². The van der Waals surface area contributed by atoms with E-state index in [1.54, 1.807) is 11.3 Å². The van der Waals surface area contributed by atoms with E-state index in [1.807, 2.05) is 19.2 Å². The monoisotopic (exact) mass is 448 g/mol. The van der Waals surface area contributed by atoms with Gasteiger partial charge in [-0.2, -0.15) is 10.6 Å². The van der Waals surface area contributed by atoms with Gasteiger partial charge in [-0.15, -0.1) is 11.3 Å². The number of carbonyl (C=O) groups excluding carboxylic acids is 1. The number of ether oxygens (including phenoxy) is 1. The van der Waals surface area contributed by atoms with Gasteiger partial charge in [-0.25, -0.2) is 0 Å². The van der Waals surface area contributed by atoms with E-state index in [-0.39, 0.29) is 5.92 Å². The Morgan fingerprint density at radius 2 is 2.07 bits per heavy atom. The summed E-state index contributed by atoms with van der Waals surface area (Å²) in [5.74, 6) is 0.641. The van der Waals surface area contributed by atoms with Gasteiger partial charge in [0, 0.05) is 45.9 Å². The first-order valence-corrected chi connectivity index (χ1v) is 12.9. The number of H-pyrrole nitrogens is 1. The molecule has 4 rings (SSSR count). The van der Waals surface area contributed by atoms with Crippen molar-refractivity contribution in [3.63, 3.8) is 0 Å². The zero-order valence-corrected chi connectivity index (χ0v) is 18.7. The number of benzene rings is 1. The number of aromatic amines is 1. The number of primary amides is 1. The van der Waals surface area contributed by atoms with Crippen molar-refractivity contribution in [3.05, 3.63) is 46.5 Å². The van der Waals surface area contributed by atoms with E-state index >= 15 is 0 Å². The van der Waals surface area contributed by atoms with E-state index in [0.717, 1.165) is 46.2 Å². The maximum atomic E-state index is 12.2. The van der Waals surface area contributed by atoms with Gasteiger partial charge in [-0.1, -0.05) is 0 Å². The molecule has 1 saturated heterocycles. The van der Waals surface area contributed by atoms with Gasteiger partial charge >= 0.3 is 0 Å². The van der Waals surface area contributed by atoms with Crippen LogP contribution in [-0.4, -0.2) is 44.7 Å². The predicted molar refractivity (Wildman–Crippen MR) is 125 cm³/mol. The molecule has 8 heteroatoms. The van der Waals surface area contributed by atoms with Crippen LogP contribution < -0.4 is 5.73 Å². The molecule has 1 aromatic carbocycles. The first-order valence-electron chi connectivity index (χ1n) is 10.2. The Hall–Kier alpha value is -1.84. The average Bonchev–Trinajstić information content (AvgIpc) is 3.34. The van der Waals surface area contributed by atoms with E-state index in [1.165, 1.54) is 4.88 Å². The predicted octanol–water partition coefficient (Wildman–Crippen LogP) is 5.20. The van der Waals surface area contributed by atoms with Crippen molar-refractivity contribution in [2.45, 2.75) is 32.1 Å². The van der Waals surface area contributed by atoms with Crippen molar-refractivity contribution < 1.29 is 18.6 Å². The Morgan fingerprint density at radius 3 is 2.77 bits per heavy atom. The Labute approximate surface area is 181 Å². The minimum Gasteiger partial charge on any atom is -0.381 e. The molecule has 0 bridgehead atoms. The fourth-order valence-corrected chi connectivity index (χ4v) is 6.64. The lowest BCUT2D eigenvalue weighted by Gasteiger charge is -2.39. The van der Waals surface area contributed by atoms with Crippen molar-refractivity contribution >= 4 is 38.7 Å². The molecule has 6 nitrogen and oxygen atoms in total. The first kappa shape index (κ1) is 21.4. The highest BCUT2D eigenvalue weighted by Crippen LogP contribution is 2.49. The highest BCUT2D eigenvalue weighted by atomic mass is 32.3. The number of aromatic nitrogens is 1. The minimum absolute atomic E-state index is 0.236. The fourth-order valence-electron chi connectivity index (χ4n) is 4.13.